The van der Waals surface area contributed by atoms with E-state index < -0.39 is 0 Å². The average molecular weight is 223 g/mol. The van der Waals surface area contributed by atoms with Crippen molar-refractivity contribution in [3.8, 4) is 0 Å². The van der Waals surface area contributed by atoms with E-state index in [9.17, 15) is 0 Å². The first-order valence-corrected chi connectivity index (χ1v) is 6.73. The van der Waals surface area contributed by atoms with E-state index in [1.807, 2.05) is 0 Å². The lowest BCUT2D eigenvalue weighted by atomic mass is 9.89. The van der Waals surface area contributed by atoms with Crippen LogP contribution in [0, 0.1) is 5.92 Å². The minimum atomic E-state index is 0.560. The van der Waals surface area contributed by atoms with Crippen LogP contribution in [0.5, 0.6) is 0 Å². The van der Waals surface area contributed by atoms with Gasteiger partial charge >= 0.3 is 0 Å². The van der Waals surface area contributed by atoms with Crippen LogP contribution in [0.3, 0.4) is 0 Å². The van der Waals surface area contributed by atoms with Gasteiger partial charge in [0.2, 0.25) is 0 Å². The number of ether oxygens (including phenoxy) is 1. The zero-order valence-corrected chi connectivity index (χ0v) is 9.63. The summed E-state index contributed by atoms with van der Waals surface area (Å²) in [6, 6.07) is 2.19. The van der Waals surface area contributed by atoms with Crippen LogP contribution in [0.2, 0.25) is 0 Å². The quantitative estimate of drug-likeness (QED) is 0.846. The monoisotopic (exact) mass is 223 g/mol. The smallest absolute Gasteiger partial charge is 0.0621 e. The summed E-state index contributed by atoms with van der Waals surface area (Å²) >= 11 is 1.77. The summed E-state index contributed by atoms with van der Waals surface area (Å²) in [5.74, 6) is 0.766. The number of hydrogen-bond donors (Lipinski definition) is 1. The van der Waals surface area contributed by atoms with Gasteiger partial charge in [0, 0.05) is 19.0 Å². The van der Waals surface area contributed by atoms with Gasteiger partial charge in [0.1, 0.15) is 0 Å². The minimum Gasteiger partial charge on any atom is -0.375 e. The molecule has 2 bridgehead atoms. The van der Waals surface area contributed by atoms with Crippen molar-refractivity contribution < 1.29 is 4.74 Å². The normalized spacial score (nSPS) is 33.7. The molecule has 0 aromatic carbocycles. The molecule has 0 aliphatic carbocycles. The van der Waals surface area contributed by atoms with Crippen LogP contribution in [0.25, 0.3) is 0 Å². The molecule has 82 valence electrons. The Labute approximate surface area is 94.6 Å². The second-order valence-corrected chi connectivity index (χ2v) is 5.41. The van der Waals surface area contributed by atoms with Crippen molar-refractivity contribution in [3.05, 3.63) is 22.4 Å². The van der Waals surface area contributed by atoms with Crippen LogP contribution < -0.4 is 5.32 Å². The molecule has 3 unspecified atom stereocenters. The Morgan fingerprint density at radius 3 is 3.13 bits per heavy atom. The van der Waals surface area contributed by atoms with Crippen LogP contribution in [0.1, 0.15) is 24.8 Å². The summed E-state index contributed by atoms with van der Waals surface area (Å²) in [4.78, 5) is 0. The molecule has 3 rings (SSSR count). The fourth-order valence-electron chi connectivity index (χ4n) is 2.75. The lowest BCUT2D eigenvalue weighted by molar-refractivity contribution is 0.0924. The lowest BCUT2D eigenvalue weighted by Gasteiger charge is -2.18. The standard InChI is InChI=1S/C12H17NOS/c1-2-12-10(5-11(1)14-12)7-13-6-9-3-4-15-8-9/h3-4,8,10-13H,1-2,5-7H2. The molecule has 1 aromatic rings. The molecule has 3 heteroatoms. The predicted molar refractivity (Wildman–Crippen MR) is 62.0 cm³/mol. The van der Waals surface area contributed by atoms with E-state index in [0.717, 1.165) is 19.0 Å². The van der Waals surface area contributed by atoms with E-state index in [2.05, 4.69) is 22.1 Å². The zero-order chi connectivity index (χ0) is 10.1. The van der Waals surface area contributed by atoms with Gasteiger partial charge in [-0.15, -0.1) is 0 Å². The van der Waals surface area contributed by atoms with Gasteiger partial charge in [-0.05, 0) is 41.7 Å². The number of thiophene rings is 1. The van der Waals surface area contributed by atoms with Crippen LogP contribution in [0.4, 0.5) is 0 Å². The van der Waals surface area contributed by atoms with E-state index in [1.54, 1.807) is 11.3 Å². The van der Waals surface area contributed by atoms with Crippen molar-refractivity contribution in [2.75, 3.05) is 6.54 Å². The maximum absolute atomic E-state index is 5.83. The molecule has 3 heterocycles. The fraction of sp³-hybridized carbons (Fsp3) is 0.667. The maximum Gasteiger partial charge on any atom is 0.0621 e. The summed E-state index contributed by atoms with van der Waals surface area (Å²) in [6.07, 6.45) is 5.01. The molecule has 0 amide bonds. The van der Waals surface area contributed by atoms with Gasteiger partial charge in [-0.1, -0.05) is 0 Å². The summed E-state index contributed by atoms with van der Waals surface area (Å²) in [7, 11) is 0. The maximum atomic E-state index is 5.83. The Bertz CT molecular complexity index is 311. The number of hydrogen-bond acceptors (Lipinski definition) is 3. The Balaban J connectivity index is 1.43. The molecule has 1 aromatic heterocycles. The van der Waals surface area contributed by atoms with Crippen molar-refractivity contribution in [2.45, 2.75) is 38.0 Å². The molecular weight excluding hydrogens is 206 g/mol. The Kier molecular flexibility index (Phi) is 2.77. The molecular formula is C12H17NOS. The van der Waals surface area contributed by atoms with Gasteiger partial charge in [-0.2, -0.15) is 11.3 Å². The van der Waals surface area contributed by atoms with Crippen LogP contribution in [-0.4, -0.2) is 18.8 Å². The summed E-state index contributed by atoms with van der Waals surface area (Å²) in [5, 5.41) is 7.89. The SMILES string of the molecule is c1cc(CNCC2CC3CCC2O3)cs1. The Morgan fingerprint density at radius 2 is 2.47 bits per heavy atom. The molecule has 1 N–H and O–H groups in total. The Morgan fingerprint density at radius 1 is 1.47 bits per heavy atom. The van der Waals surface area contributed by atoms with Gasteiger partial charge in [0.25, 0.3) is 0 Å². The first-order chi connectivity index (χ1) is 7.42. The van der Waals surface area contributed by atoms with Crippen molar-refractivity contribution in [3.63, 3.8) is 0 Å². The van der Waals surface area contributed by atoms with Gasteiger partial charge < -0.3 is 10.1 Å². The number of fused-ring (bicyclic) bond motifs is 2. The third-order valence-electron chi connectivity index (χ3n) is 3.55. The van der Waals surface area contributed by atoms with E-state index in [1.165, 1.54) is 24.8 Å². The highest BCUT2D eigenvalue weighted by atomic mass is 32.1. The molecule has 2 aliphatic rings. The second kappa shape index (κ2) is 4.24. The summed E-state index contributed by atoms with van der Waals surface area (Å²) in [6.45, 7) is 2.13. The third-order valence-corrected chi connectivity index (χ3v) is 4.28. The van der Waals surface area contributed by atoms with E-state index in [0.29, 0.717) is 12.2 Å². The highest BCUT2D eigenvalue weighted by Crippen LogP contribution is 2.38. The van der Waals surface area contributed by atoms with Gasteiger partial charge in [-0.3, -0.25) is 0 Å². The zero-order valence-electron chi connectivity index (χ0n) is 8.82. The van der Waals surface area contributed by atoms with Gasteiger partial charge in [0.15, 0.2) is 0 Å². The molecule has 0 saturated carbocycles. The highest BCUT2D eigenvalue weighted by Gasteiger charge is 2.40. The molecule has 2 nitrogen and oxygen atoms in total. The van der Waals surface area contributed by atoms with E-state index in [4.69, 9.17) is 4.74 Å². The van der Waals surface area contributed by atoms with E-state index in [-0.39, 0.29) is 0 Å². The van der Waals surface area contributed by atoms with E-state index >= 15 is 0 Å². The molecule has 2 saturated heterocycles. The third kappa shape index (κ3) is 2.10. The molecule has 0 radical (unpaired) electrons. The van der Waals surface area contributed by atoms with Crippen LogP contribution >= 0.6 is 11.3 Å². The molecule has 2 fully saturated rings. The average Bonchev–Trinajstić information content (AvgIpc) is 2.93. The molecule has 2 aliphatic heterocycles. The molecule has 0 spiro atoms. The largest absolute Gasteiger partial charge is 0.375 e. The van der Waals surface area contributed by atoms with Gasteiger partial charge in [-0.25, -0.2) is 0 Å². The van der Waals surface area contributed by atoms with Gasteiger partial charge in [0.05, 0.1) is 12.2 Å². The highest BCUT2D eigenvalue weighted by molar-refractivity contribution is 7.07. The predicted octanol–water partition coefficient (Wildman–Crippen LogP) is 2.41. The first kappa shape index (κ1) is 9.82. The second-order valence-electron chi connectivity index (χ2n) is 4.63. The van der Waals surface area contributed by atoms with Crippen molar-refractivity contribution in [1.29, 1.82) is 0 Å². The van der Waals surface area contributed by atoms with Crippen molar-refractivity contribution in [1.82, 2.24) is 5.32 Å². The first-order valence-electron chi connectivity index (χ1n) is 5.79. The molecule has 3 atom stereocenters. The summed E-state index contributed by atoms with van der Waals surface area (Å²) < 4.78 is 5.83. The lowest BCUT2D eigenvalue weighted by Crippen LogP contribution is -2.29. The number of rotatable bonds is 4. The summed E-state index contributed by atoms with van der Waals surface area (Å²) in [5.41, 5.74) is 1.41. The topological polar surface area (TPSA) is 21.3 Å². The Hall–Kier alpha value is -0.380. The van der Waals surface area contributed by atoms with Crippen LogP contribution in [-0.2, 0) is 11.3 Å². The van der Waals surface area contributed by atoms with Crippen molar-refractivity contribution in [2.24, 2.45) is 5.92 Å². The van der Waals surface area contributed by atoms with Crippen LogP contribution in [0.15, 0.2) is 16.8 Å². The molecule has 15 heavy (non-hydrogen) atoms. The minimum absolute atomic E-state index is 0.560. The van der Waals surface area contributed by atoms with Crippen molar-refractivity contribution >= 4 is 11.3 Å². The number of nitrogens with one attached hydrogen (secondary N) is 1. The fourth-order valence-corrected chi connectivity index (χ4v) is 3.42.